The maximum Gasteiger partial charge on any atom is 0.0347 e. The molecule has 1 heteroatoms. The second-order valence-corrected chi connectivity index (χ2v) is 5.55. The van der Waals surface area contributed by atoms with Crippen molar-refractivity contribution < 1.29 is 0 Å². The van der Waals surface area contributed by atoms with E-state index in [2.05, 4.69) is 84.8 Å². The van der Waals surface area contributed by atoms with Gasteiger partial charge in [0.15, 0.2) is 0 Å². The molecule has 0 saturated carbocycles. The maximum absolute atomic E-state index is 2.46. The van der Waals surface area contributed by atoms with Crippen molar-refractivity contribution in [2.45, 2.75) is 18.4 Å². The molecule has 1 nitrogen and oxygen atoms in total. The van der Waals surface area contributed by atoms with Gasteiger partial charge in [-0.1, -0.05) is 72.8 Å². The first-order valence-corrected chi connectivity index (χ1v) is 7.33. The minimum atomic E-state index is 0.498. The van der Waals surface area contributed by atoms with Crippen molar-refractivity contribution in [3.05, 3.63) is 77.9 Å². The van der Waals surface area contributed by atoms with Crippen LogP contribution in [0.25, 0.3) is 6.08 Å². The lowest BCUT2D eigenvalue weighted by molar-refractivity contribution is 0.347. The summed E-state index contributed by atoms with van der Waals surface area (Å²) in [6.45, 7) is 1.17. The minimum absolute atomic E-state index is 0.498. The zero-order valence-electron chi connectivity index (χ0n) is 11.9. The molecule has 0 radical (unpaired) electrons. The summed E-state index contributed by atoms with van der Waals surface area (Å²) in [6.07, 6.45) is 5.85. The molecule has 1 heterocycles. The quantitative estimate of drug-likeness (QED) is 0.802. The van der Waals surface area contributed by atoms with Gasteiger partial charge in [-0.05, 0) is 31.1 Å². The molecule has 0 amide bonds. The first-order valence-electron chi connectivity index (χ1n) is 7.33. The molecule has 1 saturated heterocycles. The Labute approximate surface area is 121 Å². The van der Waals surface area contributed by atoms with Crippen LogP contribution in [0, 0.1) is 0 Å². The first-order chi connectivity index (χ1) is 9.84. The number of likely N-dealkylation sites (tertiary alicyclic amines) is 1. The standard InChI is InChI=1S/C19H21N/c1-20-15-14-18(17-10-6-3-7-11-17)19(20)13-12-16-8-4-2-5-9-16/h2-13,18-19H,14-15H2,1H3/b13-12-/t18-,19-/m1/s1. The average molecular weight is 263 g/mol. The molecule has 0 spiro atoms. The van der Waals surface area contributed by atoms with Crippen LogP contribution in [0.15, 0.2) is 66.7 Å². The molecule has 102 valence electrons. The van der Waals surface area contributed by atoms with Gasteiger partial charge in [0.2, 0.25) is 0 Å². The second kappa shape index (κ2) is 6.06. The van der Waals surface area contributed by atoms with E-state index in [1.54, 1.807) is 0 Å². The van der Waals surface area contributed by atoms with Gasteiger partial charge in [0.05, 0.1) is 0 Å². The lowest BCUT2D eigenvalue weighted by Gasteiger charge is -2.22. The Morgan fingerprint density at radius 1 is 0.950 bits per heavy atom. The molecule has 0 aliphatic carbocycles. The molecule has 1 fully saturated rings. The second-order valence-electron chi connectivity index (χ2n) is 5.55. The van der Waals surface area contributed by atoms with Crippen LogP contribution in [0.5, 0.6) is 0 Å². The summed E-state index contributed by atoms with van der Waals surface area (Å²) in [5.41, 5.74) is 2.74. The predicted octanol–water partition coefficient (Wildman–Crippen LogP) is 4.19. The molecule has 0 unspecified atom stereocenters. The fourth-order valence-electron chi connectivity index (χ4n) is 3.09. The summed E-state index contributed by atoms with van der Waals surface area (Å²) in [4.78, 5) is 2.46. The number of likely N-dealkylation sites (N-methyl/N-ethyl adjacent to an activating group) is 1. The van der Waals surface area contributed by atoms with Gasteiger partial charge in [-0.2, -0.15) is 0 Å². The molecule has 1 aliphatic rings. The van der Waals surface area contributed by atoms with Gasteiger partial charge in [0.1, 0.15) is 0 Å². The van der Waals surface area contributed by atoms with Crippen LogP contribution in [-0.2, 0) is 0 Å². The SMILES string of the molecule is CN1CC[C@H](c2ccccc2)[C@H]1/C=C\c1ccccc1. The Balaban J connectivity index is 1.81. The summed E-state index contributed by atoms with van der Waals surface area (Å²) >= 11 is 0. The van der Waals surface area contributed by atoms with Crippen molar-refractivity contribution in [3.63, 3.8) is 0 Å². The summed E-state index contributed by atoms with van der Waals surface area (Å²) in [5, 5.41) is 0. The fraction of sp³-hybridized carbons (Fsp3) is 0.263. The molecule has 0 bridgehead atoms. The van der Waals surface area contributed by atoms with Gasteiger partial charge in [0, 0.05) is 12.0 Å². The molecule has 20 heavy (non-hydrogen) atoms. The Kier molecular flexibility index (Phi) is 3.98. The average Bonchev–Trinajstić information content (AvgIpc) is 2.88. The van der Waals surface area contributed by atoms with Crippen LogP contribution in [0.3, 0.4) is 0 Å². The van der Waals surface area contributed by atoms with Gasteiger partial charge in [0.25, 0.3) is 0 Å². The van der Waals surface area contributed by atoms with Crippen molar-refractivity contribution in [2.24, 2.45) is 0 Å². The topological polar surface area (TPSA) is 3.24 Å². The number of nitrogens with zero attached hydrogens (tertiary/aromatic N) is 1. The lowest BCUT2D eigenvalue weighted by atomic mass is 9.91. The summed E-state index contributed by atoms with van der Waals surface area (Å²) in [5.74, 6) is 0.612. The summed E-state index contributed by atoms with van der Waals surface area (Å²) < 4.78 is 0. The molecular formula is C19H21N. The Morgan fingerprint density at radius 3 is 2.30 bits per heavy atom. The molecule has 0 aromatic heterocycles. The summed E-state index contributed by atoms with van der Waals surface area (Å²) in [6, 6.07) is 21.9. The van der Waals surface area contributed by atoms with Crippen molar-refractivity contribution in [2.75, 3.05) is 13.6 Å². The highest BCUT2D eigenvalue weighted by atomic mass is 15.1. The third-order valence-electron chi connectivity index (χ3n) is 4.23. The molecule has 2 atom stereocenters. The van der Waals surface area contributed by atoms with Crippen molar-refractivity contribution in [1.29, 1.82) is 0 Å². The fourth-order valence-corrected chi connectivity index (χ4v) is 3.09. The van der Waals surface area contributed by atoms with E-state index in [0.29, 0.717) is 12.0 Å². The highest BCUT2D eigenvalue weighted by Gasteiger charge is 2.30. The predicted molar refractivity (Wildman–Crippen MR) is 85.7 cm³/mol. The lowest BCUT2D eigenvalue weighted by Crippen LogP contribution is -2.26. The number of hydrogen-bond acceptors (Lipinski definition) is 1. The van der Waals surface area contributed by atoms with E-state index in [1.807, 2.05) is 0 Å². The third kappa shape index (κ3) is 2.83. The van der Waals surface area contributed by atoms with E-state index >= 15 is 0 Å². The van der Waals surface area contributed by atoms with Crippen LogP contribution >= 0.6 is 0 Å². The van der Waals surface area contributed by atoms with Crippen molar-refractivity contribution in [1.82, 2.24) is 4.90 Å². The van der Waals surface area contributed by atoms with Gasteiger partial charge < -0.3 is 0 Å². The van der Waals surface area contributed by atoms with E-state index in [4.69, 9.17) is 0 Å². The maximum atomic E-state index is 2.46. The molecule has 2 aromatic carbocycles. The van der Waals surface area contributed by atoms with Gasteiger partial charge >= 0.3 is 0 Å². The largest absolute Gasteiger partial charge is 0.299 e. The van der Waals surface area contributed by atoms with Gasteiger partial charge in [-0.25, -0.2) is 0 Å². The summed E-state index contributed by atoms with van der Waals surface area (Å²) in [7, 11) is 2.23. The zero-order chi connectivity index (χ0) is 13.8. The van der Waals surface area contributed by atoms with E-state index in [-0.39, 0.29) is 0 Å². The normalized spacial score (nSPS) is 23.4. The van der Waals surface area contributed by atoms with Crippen molar-refractivity contribution >= 4 is 6.08 Å². The van der Waals surface area contributed by atoms with Crippen LogP contribution in [0.4, 0.5) is 0 Å². The minimum Gasteiger partial charge on any atom is -0.299 e. The number of hydrogen-bond donors (Lipinski definition) is 0. The Hall–Kier alpha value is -1.86. The van der Waals surface area contributed by atoms with Crippen LogP contribution < -0.4 is 0 Å². The van der Waals surface area contributed by atoms with E-state index < -0.39 is 0 Å². The van der Waals surface area contributed by atoms with E-state index in [0.717, 1.165) is 0 Å². The van der Waals surface area contributed by atoms with E-state index in [1.165, 1.54) is 24.1 Å². The monoisotopic (exact) mass is 263 g/mol. The molecule has 2 aromatic rings. The third-order valence-corrected chi connectivity index (χ3v) is 4.23. The van der Waals surface area contributed by atoms with Gasteiger partial charge in [-0.3, -0.25) is 4.90 Å². The van der Waals surface area contributed by atoms with Gasteiger partial charge in [-0.15, -0.1) is 0 Å². The molecular weight excluding hydrogens is 242 g/mol. The van der Waals surface area contributed by atoms with Crippen molar-refractivity contribution in [3.8, 4) is 0 Å². The highest BCUT2D eigenvalue weighted by molar-refractivity contribution is 5.50. The number of rotatable bonds is 3. The van der Waals surface area contributed by atoms with E-state index in [9.17, 15) is 0 Å². The molecule has 0 N–H and O–H groups in total. The zero-order valence-corrected chi connectivity index (χ0v) is 11.9. The van der Waals surface area contributed by atoms with Crippen LogP contribution in [0.2, 0.25) is 0 Å². The smallest absolute Gasteiger partial charge is 0.0347 e. The Bertz CT molecular complexity index is 559. The highest BCUT2D eigenvalue weighted by Crippen LogP contribution is 2.33. The number of benzene rings is 2. The first kappa shape index (κ1) is 13.1. The molecule has 1 aliphatic heterocycles. The van der Waals surface area contributed by atoms with Crippen LogP contribution in [-0.4, -0.2) is 24.5 Å². The molecule has 3 rings (SSSR count). The Morgan fingerprint density at radius 2 is 1.60 bits per heavy atom. The van der Waals surface area contributed by atoms with Crippen LogP contribution in [0.1, 0.15) is 23.5 Å².